The first-order valence-corrected chi connectivity index (χ1v) is 8.12. The Morgan fingerprint density at radius 1 is 1.21 bits per heavy atom. The molecule has 3 N–H and O–H groups in total. The average Bonchev–Trinajstić information content (AvgIpc) is 2.46. The molecule has 1 aromatic heterocycles. The van der Waals surface area contributed by atoms with Crippen LogP contribution >= 0.6 is 11.8 Å². The topological polar surface area (TPSA) is 67.1 Å². The Kier molecular flexibility index (Phi) is 7.59. The van der Waals surface area contributed by atoms with Crippen molar-refractivity contribution >= 4 is 23.4 Å². The van der Waals surface area contributed by atoms with Crippen LogP contribution in [0.1, 0.15) is 39.5 Å². The maximum atomic E-state index is 5.47. The van der Waals surface area contributed by atoms with Crippen LogP contribution in [0.3, 0.4) is 0 Å². The summed E-state index contributed by atoms with van der Waals surface area (Å²) in [5.41, 5.74) is 2.62. The van der Waals surface area contributed by atoms with Crippen molar-refractivity contribution in [3.8, 4) is 0 Å². The highest BCUT2D eigenvalue weighted by atomic mass is 32.2. The van der Waals surface area contributed by atoms with Crippen LogP contribution in [0.5, 0.6) is 0 Å². The fraction of sp³-hybridized carbons (Fsp3) is 0.692. The third-order valence-electron chi connectivity index (χ3n) is 2.91. The van der Waals surface area contributed by atoms with Gasteiger partial charge >= 0.3 is 0 Å². The molecule has 1 heterocycles. The number of hydrazine groups is 1. The Morgan fingerprint density at radius 3 is 2.32 bits per heavy atom. The van der Waals surface area contributed by atoms with Crippen LogP contribution < -0.4 is 16.2 Å². The highest BCUT2D eigenvalue weighted by Crippen LogP contribution is 2.20. The molecule has 0 atom stereocenters. The Balaban J connectivity index is 2.91. The summed E-state index contributed by atoms with van der Waals surface area (Å²) in [6.45, 7) is 6.48. The van der Waals surface area contributed by atoms with Gasteiger partial charge in [-0.15, -0.1) is 0 Å². The van der Waals surface area contributed by atoms with Crippen molar-refractivity contribution in [3.63, 3.8) is 0 Å². The van der Waals surface area contributed by atoms with Crippen molar-refractivity contribution in [2.45, 2.75) is 44.7 Å². The second-order valence-corrected chi connectivity index (χ2v) is 5.21. The number of anilines is 2. The van der Waals surface area contributed by atoms with Gasteiger partial charge in [-0.05, 0) is 19.1 Å². The minimum absolute atomic E-state index is 0.673. The van der Waals surface area contributed by atoms with Gasteiger partial charge < -0.3 is 10.3 Å². The molecule has 6 heteroatoms. The zero-order chi connectivity index (χ0) is 14.1. The predicted octanol–water partition coefficient (Wildman–Crippen LogP) is 2.89. The first-order valence-electron chi connectivity index (χ1n) is 6.89. The minimum atomic E-state index is 0.673. The summed E-state index contributed by atoms with van der Waals surface area (Å²) in [5.74, 6) is 7.11. The Hall–Kier alpha value is -1.01. The van der Waals surface area contributed by atoms with E-state index in [9.17, 15) is 0 Å². The van der Waals surface area contributed by atoms with Crippen LogP contribution in [-0.2, 0) is 0 Å². The Labute approximate surface area is 120 Å². The molecule has 0 aromatic carbocycles. The van der Waals surface area contributed by atoms with Crippen LogP contribution in [0, 0.1) is 0 Å². The van der Waals surface area contributed by atoms with Crippen LogP contribution in [0.15, 0.2) is 11.2 Å². The van der Waals surface area contributed by atoms with Gasteiger partial charge in [0.1, 0.15) is 11.6 Å². The fourth-order valence-electron chi connectivity index (χ4n) is 1.78. The van der Waals surface area contributed by atoms with Gasteiger partial charge in [-0.25, -0.2) is 15.8 Å². The summed E-state index contributed by atoms with van der Waals surface area (Å²) in [6, 6.07) is 1.92. The zero-order valence-corrected chi connectivity index (χ0v) is 13.0. The van der Waals surface area contributed by atoms with Crippen molar-refractivity contribution < 1.29 is 0 Å². The number of hydrogen-bond donors (Lipinski definition) is 2. The molecule has 5 nitrogen and oxygen atoms in total. The lowest BCUT2D eigenvalue weighted by Crippen LogP contribution is -2.27. The van der Waals surface area contributed by atoms with E-state index in [1.165, 1.54) is 37.4 Å². The van der Waals surface area contributed by atoms with E-state index in [1.54, 1.807) is 0 Å². The normalized spacial score (nSPS) is 10.5. The smallest absolute Gasteiger partial charge is 0.191 e. The molecule has 0 saturated carbocycles. The maximum absolute atomic E-state index is 5.47. The number of nitrogens with zero attached hydrogens (tertiary/aromatic N) is 3. The number of nitrogens with one attached hydrogen (secondary N) is 1. The number of thioether (sulfide) groups is 1. The van der Waals surface area contributed by atoms with Gasteiger partial charge in [-0.3, -0.25) is 0 Å². The summed E-state index contributed by atoms with van der Waals surface area (Å²) in [5, 5.41) is 0.753. The van der Waals surface area contributed by atoms with Gasteiger partial charge in [0.25, 0.3) is 0 Å². The van der Waals surface area contributed by atoms with E-state index in [0.29, 0.717) is 5.82 Å². The highest BCUT2D eigenvalue weighted by Gasteiger charge is 2.10. The van der Waals surface area contributed by atoms with E-state index in [-0.39, 0.29) is 0 Å². The lowest BCUT2D eigenvalue weighted by Gasteiger charge is -2.24. The number of nitrogen functional groups attached to an aromatic ring is 1. The van der Waals surface area contributed by atoms with Gasteiger partial charge in [0.15, 0.2) is 5.16 Å². The van der Waals surface area contributed by atoms with Crippen LogP contribution in [0.4, 0.5) is 11.6 Å². The maximum Gasteiger partial charge on any atom is 0.191 e. The number of unbranched alkanes of at least 4 members (excludes halogenated alkanes) is 2. The zero-order valence-electron chi connectivity index (χ0n) is 12.1. The molecule has 0 spiro atoms. The first-order chi connectivity index (χ1) is 9.24. The average molecular weight is 283 g/mol. The molecule has 19 heavy (non-hydrogen) atoms. The number of rotatable bonds is 9. The third kappa shape index (κ3) is 5.24. The molecule has 0 aliphatic rings. The van der Waals surface area contributed by atoms with Gasteiger partial charge in [0, 0.05) is 19.2 Å². The molecule has 1 aromatic rings. The second-order valence-electron chi connectivity index (χ2n) is 4.44. The Morgan fingerprint density at radius 2 is 1.84 bits per heavy atom. The molecular formula is C13H25N5S. The standard InChI is InChI=1S/C13H25N5S/c1-4-6-8-18(9-7-5-2)12-10-11(17-14)15-13(16-12)19-3/h10H,4-9,14H2,1-3H3,(H,15,16,17). The largest absolute Gasteiger partial charge is 0.356 e. The third-order valence-corrected chi connectivity index (χ3v) is 3.46. The summed E-state index contributed by atoms with van der Waals surface area (Å²) in [6.07, 6.45) is 6.69. The van der Waals surface area contributed by atoms with Crippen molar-refractivity contribution in [2.24, 2.45) is 5.84 Å². The van der Waals surface area contributed by atoms with Crippen molar-refractivity contribution in [1.82, 2.24) is 9.97 Å². The SMILES string of the molecule is CCCCN(CCCC)c1cc(NN)nc(SC)n1. The molecule has 0 aliphatic heterocycles. The second kappa shape index (κ2) is 8.98. The number of hydrogen-bond acceptors (Lipinski definition) is 6. The van der Waals surface area contributed by atoms with Crippen LogP contribution in [0.25, 0.3) is 0 Å². The monoisotopic (exact) mass is 283 g/mol. The van der Waals surface area contributed by atoms with E-state index < -0.39 is 0 Å². The molecule has 0 bridgehead atoms. The highest BCUT2D eigenvalue weighted by molar-refractivity contribution is 7.98. The van der Waals surface area contributed by atoms with Crippen molar-refractivity contribution in [2.75, 3.05) is 29.7 Å². The molecule has 0 radical (unpaired) electrons. The van der Waals surface area contributed by atoms with Gasteiger partial charge in [0.2, 0.25) is 0 Å². The van der Waals surface area contributed by atoms with E-state index in [2.05, 4.69) is 34.1 Å². The molecule has 0 aliphatic carbocycles. The van der Waals surface area contributed by atoms with Crippen molar-refractivity contribution in [3.05, 3.63) is 6.07 Å². The fourth-order valence-corrected chi connectivity index (χ4v) is 2.15. The van der Waals surface area contributed by atoms with E-state index in [4.69, 9.17) is 5.84 Å². The molecule has 0 fully saturated rings. The summed E-state index contributed by atoms with van der Waals surface area (Å²) in [7, 11) is 0. The Bertz CT molecular complexity index is 342. The van der Waals surface area contributed by atoms with Gasteiger partial charge in [-0.2, -0.15) is 0 Å². The summed E-state index contributed by atoms with van der Waals surface area (Å²) in [4.78, 5) is 11.2. The molecule has 0 unspecified atom stereocenters. The number of nitrogens with two attached hydrogens (primary N) is 1. The predicted molar refractivity (Wildman–Crippen MR) is 83.7 cm³/mol. The minimum Gasteiger partial charge on any atom is -0.356 e. The lowest BCUT2D eigenvalue weighted by molar-refractivity contribution is 0.666. The van der Waals surface area contributed by atoms with E-state index in [0.717, 1.165) is 24.1 Å². The van der Waals surface area contributed by atoms with Crippen LogP contribution in [-0.4, -0.2) is 29.3 Å². The number of aromatic nitrogens is 2. The lowest BCUT2D eigenvalue weighted by atomic mass is 10.2. The summed E-state index contributed by atoms with van der Waals surface area (Å²) < 4.78 is 0. The van der Waals surface area contributed by atoms with E-state index >= 15 is 0 Å². The van der Waals surface area contributed by atoms with E-state index in [1.807, 2.05) is 12.3 Å². The quantitative estimate of drug-likeness (QED) is 0.314. The first kappa shape index (κ1) is 16.0. The van der Waals surface area contributed by atoms with Gasteiger partial charge in [0.05, 0.1) is 0 Å². The molecule has 108 valence electrons. The molecular weight excluding hydrogens is 258 g/mol. The molecule has 1 rings (SSSR count). The molecule has 0 saturated heterocycles. The van der Waals surface area contributed by atoms with Crippen molar-refractivity contribution in [1.29, 1.82) is 0 Å². The van der Waals surface area contributed by atoms with Gasteiger partial charge in [-0.1, -0.05) is 38.5 Å². The van der Waals surface area contributed by atoms with Crippen LogP contribution in [0.2, 0.25) is 0 Å². The summed E-state index contributed by atoms with van der Waals surface area (Å²) >= 11 is 1.53. The molecule has 0 amide bonds.